The van der Waals surface area contributed by atoms with E-state index in [4.69, 9.17) is 4.74 Å². The van der Waals surface area contributed by atoms with Crippen molar-refractivity contribution in [3.63, 3.8) is 0 Å². The van der Waals surface area contributed by atoms with E-state index in [2.05, 4.69) is 11.1 Å². The van der Waals surface area contributed by atoms with E-state index in [1.807, 2.05) is 32.0 Å². The van der Waals surface area contributed by atoms with Gasteiger partial charge in [0.25, 0.3) is 0 Å². The van der Waals surface area contributed by atoms with E-state index in [0.717, 1.165) is 29.1 Å². The Labute approximate surface area is 128 Å². The molecule has 0 N–H and O–H groups in total. The second kappa shape index (κ2) is 5.45. The molecular weight excluding hydrogens is 282 g/mol. The molecule has 0 radical (unpaired) electrons. The Morgan fingerprint density at radius 2 is 2.14 bits per heavy atom. The number of carbonyl (C=O) groups excluding carboxylic acids is 1. The highest BCUT2D eigenvalue weighted by atomic mass is 32.1. The molecule has 0 saturated carbocycles. The Hall–Kier alpha value is -1.94. The lowest BCUT2D eigenvalue weighted by Crippen LogP contribution is -2.06. The van der Waals surface area contributed by atoms with Crippen LogP contribution < -0.4 is 0 Å². The van der Waals surface area contributed by atoms with Crippen LogP contribution in [0.4, 0.5) is 0 Å². The second-order valence-electron chi connectivity index (χ2n) is 5.17. The highest BCUT2D eigenvalue weighted by Crippen LogP contribution is 2.36. The van der Waals surface area contributed by atoms with Crippen LogP contribution in [0.3, 0.4) is 0 Å². The van der Waals surface area contributed by atoms with E-state index >= 15 is 0 Å². The molecule has 108 valence electrons. The molecule has 0 bridgehead atoms. The lowest BCUT2D eigenvalue weighted by atomic mass is 9.88. The van der Waals surface area contributed by atoms with E-state index in [1.54, 1.807) is 11.3 Å². The minimum Gasteiger partial charge on any atom is -0.465 e. The van der Waals surface area contributed by atoms with Gasteiger partial charge >= 0.3 is 5.97 Å². The summed E-state index contributed by atoms with van der Waals surface area (Å²) in [5, 5.41) is 1.07. The smallest absolute Gasteiger partial charge is 0.337 e. The molecule has 4 heteroatoms. The first-order chi connectivity index (χ1) is 10.1. The standard InChI is InChI=1S/C17H17NO2S/c1-10-16(21-11(2)18-10)14-6-4-5-12-7-8-13(9-15(12)14)17(19)20-3/h6-9H,4-5H2,1-3H3. The van der Waals surface area contributed by atoms with Gasteiger partial charge in [0.05, 0.1) is 28.3 Å². The summed E-state index contributed by atoms with van der Waals surface area (Å²) < 4.78 is 4.83. The number of carbonyl (C=O) groups is 1. The fourth-order valence-corrected chi connectivity index (χ4v) is 3.74. The summed E-state index contributed by atoms with van der Waals surface area (Å²) >= 11 is 1.71. The molecule has 0 spiro atoms. The van der Waals surface area contributed by atoms with Crippen LogP contribution in [-0.2, 0) is 11.2 Å². The van der Waals surface area contributed by atoms with Gasteiger partial charge in [0, 0.05) is 0 Å². The van der Waals surface area contributed by atoms with Gasteiger partial charge in [-0.05, 0) is 55.5 Å². The van der Waals surface area contributed by atoms with Crippen molar-refractivity contribution < 1.29 is 9.53 Å². The molecule has 0 aliphatic heterocycles. The van der Waals surface area contributed by atoms with Gasteiger partial charge in [-0.3, -0.25) is 0 Å². The first kappa shape index (κ1) is 14.0. The normalized spacial score (nSPS) is 13.6. The molecule has 3 nitrogen and oxygen atoms in total. The van der Waals surface area contributed by atoms with Crippen molar-refractivity contribution in [2.75, 3.05) is 7.11 Å². The number of benzene rings is 1. The Morgan fingerprint density at radius 1 is 1.33 bits per heavy atom. The third-order valence-corrected chi connectivity index (χ3v) is 4.84. The van der Waals surface area contributed by atoms with Gasteiger partial charge < -0.3 is 4.74 Å². The van der Waals surface area contributed by atoms with Crippen LogP contribution in [0.5, 0.6) is 0 Å². The fraction of sp³-hybridized carbons (Fsp3) is 0.294. The molecule has 0 saturated heterocycles. The largest absolute Gasteiger partial charge is 0.465 e. The van der Waals surface area contributed by atoms with Crippen molar-refractivity contribution >= 4 is 22.9 Å². The molecule has 1 aromatic carbocycles. The Bertz CT molecular complexity index is 743. The van der Waals surface area contributed by atoms with E-state index < -0.39 is 0 Å². The summed E-state index contributed by atoms with van der Waals surface area (Å²) in [7, 11) is 1.41. The molecule has 1 aromatic heterocycles. The molecule has 21 heavy (non-hydrogen) atoms. The van der Waals surface area contributed by atoms with Gasteiger partial charge in [0.15, 0.2) is 0 Å². The second-order valence-corrected chi connectivity index (χ2v) is 6.37. The Kier molecular flexibility index (Phi) is 3.64. The number of aromatic nitrogens is 1. The summed E-state index contributed by atoms with van der Waals surface area (Å²) in [4.78, 5) is 17.5. The molecule has 0 unspecified atom stereocenters. The monoisotopic (exact) mass is 299 g/mol. The van der Waals surface area contributed by atoms with Crippen molar-refractivity contribution in [2.45, 2.75) is 26.7 Å². The van der Waals surface area contributed by atoms with Gasteiger partial charge in [0.2, 0.25) is 0 Å². The van der Waals surface area contributed by atoms with Crippen molar-refractivity contribution in [3.8, 4) is 0 Å². The number of thiazole rings is 1. The first-order valence-electron chi connectivity index (χ1n) is 6.96. The molecule has 1 heterocycles. The van der Waals surface area contributed by atoms with Crippen LogP contribution in [-0.4, -0.2) is 18.1 Å². The van der Waals surface area contributed by atoms with Crippen LogP contribution in [0.2, 0.25) is 0 Å². The maximum absolute atomic E-state index is 11.8. The molecule has 3 rings (SSSR count). The van der Waals surface area contributed by atoms with Crippen LogP contribution in [0.25, 0.3) is 5.57 Å². The van der Waals surface area contributed by atoms with E-state index in [-0.39, 0.29) is 5.97 Å². The van der Waals surface area contributed by atoms with Crippen molar-refractivity contribution in [1.29, 1.82) is 0 Å². The summed E-state index contributed by atoms with van der Waals surface area (Å²) in [6, 6.07) is 5.83. The molecule has 0 atom stereocenters. The van der Waals surface area contributed by atoms with Gasteiger partial charge in [-0.2, -0.15) is 0 Å². The van der Waals surface area contributed by atoms with Crippen LogP contribution in [0.15, 0.2) is 24.3 Å². The third-order valence-electron chi connectivity index (χ3n) is 3.73. The number of allylic oxidation sites excluding steroid dienone is 1. The van der Waals surface area contributed by atoms with Gasteiger partial charge in [-0.15, -0.1) is 11.3 Å². The van der Waals surface area contributed by atoms with Gasteiger partial charge in [-0.25, -0.2) is 9.78 Å². The zero-order valence-corrected chi connectivity index (χ0v) is 13.2. The maximum Gasteiger partial charge on any atom is 0.337 e. The number of methoxy groups -OCH3 is 1. The lowest BCUT2D eigenvalue weighted by molar-refractivity contribution is 0.0600. The van der Waals surface area contributed by atoms with Crippen molar-refractivity contribution in [3.05, 3.63) is 56.5 Å². The number of nitrogens with zero attached hydrogens (tertiary/aromatic N) is 1. The molecule has 0 amide bonds. The SMILES string of the molecule is COC(=O)c1ccc2c(c1)C(c1sc(C)nc1C)=CCC2. The van der Waals surface area contributed by atoms with Crippen molar-refractivity contribution in [2.24, 2.45) is 0 Å². The van der Waals surface area contributed by atoms with E-state index in [9.17, 15) is 4.79 Å². The van der Waals surface area contributed by atoms with Gasteiger partial charge in [-0.1, -0.05) is 12.1 Å². The van der Waals surface area contributed by atoms with Crippen molar-refractivity contribution in [1.82, 2.24) is 4.98 Å². The number of hydrogen-bond donors (Lipinski definition) is 0. The predicted octanol–water partition coefficient (Wildman–Crippen LogP) is 3.92. The van der Waals surface area contributed by atoms with Crippen LogP contribution in [0.1, 0.15) is 43.5 Å². The minimum absolute atomic E-state index is 0.292. The van der Waals surface area contributed by atoms with Gasteiger partial charge in [0.1, 0.15) is 0 Å². The molecule has 1 aliphatic rings. The number of ether oxygens (including phenoxy) is 1. The third kappa shape index (κ3) is 2.51. The zero-order chi connectivity index (χ0) is 15.0. The number of fused-ring (bicyclic) bond motifs is 1. The van der Waals surface area contributed by atoms with Crippen LogP contribution >= 0.6 is 11.3 Å². The maximum atomic E-state index is 11.8. The fourth-order valence-electron chi connectivity index (χ4n) is 2.77. The minimum atomic E-state index is -0.292. The molecule has 2 aromatic rings. The molecular formula is C17H17NO2S. The summed E-state index contributed by atoms with van der Waals surface area (Å²) in [5.74, 6) is -0.292. The first-order valence-corrected chi connectivity index (χ1v) is 7.78. The molecule has 1 aliphatic carbocycles. The predicted molar refractivity (Wildman–Crippen MR) is 84.8 cm³/mol. The average Bonchev–Trinajstić information content (AvgIpc) is 2.83. The summed E-state index contributed by atoms with van der Waals surface area (Å²) in [5.41, 5.74) is 5.27. The quantitative estimate of drug-likeness (QED) is 0.789. The Morgan fingerprint density at radius 3 is 2.81 bits per heavy atom. The number of rotatable bonds is 2. The highest BCUT2D eigenvalue weighted by Gasteiger charge is 2.20. The average molecular weight is 299 g/mol. The zero-order valence-electron chi connectivity index (χ0n) is 12.4. The van der Waals surface area contributed by atoms with E-state index in [0.29, 0.717) is 5.56 Å². The van der Waals surface area contributed by atoms with Crippen LogP contribution in [0, 0.1) is 13.8 Å². The molecule has 0 fully saturated rings. The lowest BCUT2D eigenvalue weighted by Gasteiger charge is -2.18. The summed E-state index contributed by atoms with van der Waals surface area (Å²) in [6.45, 7) is 4.06. The number of aryl methyl sites for hydroxylation is 3. The highest BCUT2D eigenvalue weighted by molar-refractivity contribution is 7.12. The van der Waals surface area contributed by atoms with E-state index in [1.165, 1.54) is 23.1 Å². The topological polar surface area (TPSA) is 39.2 Å². The Balaban J connectivity index is 2.12. The summed E-state index contributed by atoms with van der Waals surface area (Å²) in [6.07, 6.45) is 4.29. The number of hydrogen-bond acceptors (Lipinski definition) is 4. The number of esters is 1.